The average molecular weight is 351 g/mol. The summed E-state index contributed by atoms with van der Waals surface area (Å²) < 4.78 is 5.51. The fraction of sp³-hybridized carbons (Fsp3) is 0.458. The molecule has 0 radical (unpaired) electrons. The third-order valence-electron chi connectivity index (χ3n) is 5.66. The summed E-state index contributed by atoms with van der Waals surface area (Å²) in [4.78, 5) is 12.2. The molecule has 0 heterocycles. The molecule has 2 aromatic carbocycles. The summed E-state index contributed by atoms with van der Waals surface area (Å²) in [5.74, 6) is 1.83. The Bertz CT molecular complexity index is 720. The van der Waals surface area contributed by atoms with Crippen LogP contribution in [-0.2, 0) is 11.2 Å². The monoisotopic (exact) mass is 350 g/mol. The summed E-state index contributed by atoms with van der Waals surface area (Å²) in [6.45, 7) is 2.29. The minimum absolute atomic E-state index is 0.0779. The maximum absolute atomic E-state index is 12.2. The van der Waals surface area contributed by atoms with Crippen molar-refractivity contribution in [3.05, 3.63) is 65.2 Å². The number of rotatable bonds is 8. The van der Waals surface area contributed by atoms with Crippen LogP contribution in [-0.4, -0.2) is 12.9 Å². The number of aryl methyl sites for hydroxylation is 1. The highest BCUT2D eigenvalue weighted by Crippen LogP contribution is 2.35. The normalized spacial score (nSPS) is 18.1. The minimum Gasteiger partial charge on any atom is -0.497 e. The van der Waals surface area contributed by atoms with Gasteiger partial charge >= 0.3 is 0 Å². The molecule has 1 aliphatic rings. The standard InChI is InChI=1S/C24H30O2/c1-18(9-6-7-12-19-10-4-3-5-11-19)20-15-21(17-22(16-20)26-2)23-13-8-14-24(23)25/h3-5,10-11,15-18,23H,6-9,12-14H2,1-2H3. The molecular formula is C24H30O2. The zero-order valence-electron chi connectivity index (χ0n) is 16.0. The van der Waals surface area contributed by atoms with Crippen molar-refractivity contribution in [2.75, 3.05) is 7.11 Å². The van der Waals surface area contributed by atoms with Crippen LogP contribution in [0.2, 0.25) is 0 Å². The lowest BCUT2D eigenvalue weighted by Crippen LogP contribution is -2.06. The zero-order valence-corrected chi connectivity index (χ0v) is 16.0. The highest BCUT2D eigenvalue weighted by atomic mass is 16.5. The summed E-state index contributed by atoms with van der Waals surface area (Å²) in [5, 5.41) is 0. The van der Waals surface area contributed by atoms with Crippen LogP contribution in [0.5, 0.6) is 5.75 Å². The molecule has 26 heavy (non-hydrogen) atoms. The molecule has 0 aromatic heterocycles. The molecule has 0 bridgehead atoms. The van der Waals surface area contributed by atoms with Crippen LogP contribution >= 0.6 is 0 Å². The topological polar surface area (TPSA) is 26.3 Å². The summed E-state index contributed by atoms with van der Waals surface area (Å²) in [7, 11) is 1.71. The predicted octanol–water partition coefficient (Wildman–Crippen LogP) is 6.05. The van der Waals surface area contributed by atoms with Crippen LogP contribution in [0.3, 0.4) is 0 Å². The second-order valence-corrected chi connectivity index (χ2v) is 7.58. The number of benzene rings is 2. The van der Waals surface area contributed by atoms with Gasteiger partial charge in [-0.3, -0.25) is 4.79 Å². The van der Waals surface area contributed by atoms with E-state index in [2.05, 4.69) is 55.5 Å². The number of unbranched alkanes of at least 4 members (excludes halogenated alkanes) is 1. The number of hydrogen-bond acceptors (Lipinski definition) is 2. The number of carbonyl (C=O) groups is 1. The Morgan fingerprint density at radius 1 is 1.12 bits per heavy atom. The Morgan fingerprint density at radius 2 is 1.92 bits per heavy atom. The molecule has 0 N–H and O–H groups in total. The van der Waals surface area contributed by atoms with Crippen molar-refractivity contribution in [2.45, 2.75) is 63.7 Å². The predicted molar refractivity (Wildman–Crippen MR) is 107 cm³/mol. The number of ketones is 1. The molecule has 1 saturated carbocycles. The van der Waals surface area contributed by atoms with Crippen LogP contribution in [0.15, 0.2) is 48.5 Å². The van der Waals surface area contributed by atoms with Gasteiger partial charge in [0, 0.05) is 12.3 Å². The van der Waals surface area contributed by atoms with E-state index in [4.69, 9.17) is 4.74 Å². The largest absolute Gasteiger partial charge is 0.497 e. The molecule has 0 amide bonds. The van der Waals surface area contributed by atoms with E-state index in [-0.39, 0.29) is 5.92 Å². The highest BCUT2D eigenvalue weighted by Gasteiger charge is 2.27. The Balaban J connectivity index is 1.60. The molecule has 2 aromatic rings. The average Bonchev–Trinajstić information content (AvgIpc) is 3.11. The van der Waals surface area contributed by atoms with Crippen molar-refractivity contribution in [1.82, 2.24) is 0 Å². The maximum atomic E-state index is 12.2. The molecule has 0 saturated heterocycles. The van der Waals surface area contributed by atoms with Gasteiger partial charge in [0.1, 0.15) is 11.5 Å². The molecule has 0 spiro atoms. The van der Waals surface area contributed by atoms with Gasteiger partial charge < -0.3 is 4.74 Å². The zero-order chi connectivity index (χ0) is 18.4. The first-order valence-corrected chi connectivity index (χ1v) is 9.93. The Kier molecular flexibility index (Phi) is 6.49. The highest BCUT2D eigenvalue weighted by molar-refractivity contribution is 5.87. The quantitative estimate of drug-likeness (QED) is 0.542. The van der Waals surface area contributed by atoms with Gasteiger partial charge in [-0.1, -0.05) is 49.7 Å². The lowest BCUT2D eigenvalue weighted by atomic mass is 9.89. The maximum Gasteiger partial charge on any atom is 0.140 e. The minimum atomic E-state index is 0.0779. The molecule has 2 atom stereocenters. The molecule has 1 fully saturated rings. The fourth-order valence-electron chi connectivity index (χ4n) is 4.01. The van der Waals surface area contributed by atoms with E-state index in [1.54, 1.807) is 7.11 Å². The third-order valence-corrected chi connectivity index (χ3v) is 5.66. The van der Waals surface area contributed by atoms with Crippen LogP contribution in [0.25, 0.3) is 0 Å². The lowest BCUT2D eigenvalue weighted by molar-refractivity contribution is -0.118. The van der Waals surface area contributed by atoms with E-state index >= 15 is 0 Å². The molecule has 0 aliphatic heterocycles. The van der Waals surface area contributed by atoms with Gasteiger partial charge in [-0.15, -0.1) is 0 Å². The van der Waals surface area contributed by atoms with E-state index < -0.39 is 0 Å². The van der Waals surface area contributed by atoms with Crippen molar-refractivity contribution >= 4 is 5.78 Å². The number of carbonyl (C=O) groups excluding carboxylic acids is 1. The summed E-state index contributed by atoms with van der Waals surface area (Å²) in [5.41, 5.74) is 3.88. The second-order valence-electron chi connectivity index (χ2n) is 7.58. The van der Waals surface area contributed by atoms with E-state index in [0.717, 1.165) is 43.4 Å². The van der Waals surface area contributed by atoms with Crippen molar-refractivity contribution < 1.29 is 9.53 Å². The second kappa shape index (κ2) is 9.02. The molecule has 3 rings (SSSR count). The van der Waals surface area contributed by atoms with Crippen molar-refractivity contribution in [3.8, 4) is 5.75 Å². The van der Waals surface area contributed by atoms with Gasteiger partial charge in [-0.05, 0) is 66.8 Å². The van der Waals surface area contributed by atoms with Gasteiger partial charge in [0.05, 0.1) is 7.11 Å². The SMILES string of the molecule is COc1cc(C(C)CCCCc2ccccc2)cc(C2CCCC2=O)c1. The smallest absolute Gasteiger partial charge is 0.140 e. The molecule has 1 aliphatic carbocycles. The number of methoxy groups -OCH3 is 1. The van der Waals surface area contributed by atoms with Crippen molar-refractivity contribution in [2.24, 2.45) is 0 Å². The van der Waals surface area contributed by atoms with Crippen LogP contribution in [0.4, 0.5) is 0 Å². The van der Waals surface area contributed by atoms with Crippen molar-refractivity contribution in [3.63, 3.8) is 0 Å². The third kappa shape index (κ3) is 4.75. The van der Waals surface area contributed by atoms with E-state index in [1.165, 1.54) is 24.0 Å². The van der Waals surface area contributed by atoms with Gasteiger partial charge in [-0.2, -0.15) is 0 Å². The van der Waals surface area contributed by atoms with Crippen LogP contribution < -0.4 is 4.74 Å². The number of Topliss-reactive ketones (excluding diaryl/α,β-unsaturated/α-hetero) is 1. The molecule has 2 heteroatoms. The van der Waals surface area contributed by atoms with Crippen LogP contribution in [0, 0.1) is 0 Å². The molecule has 2 unspecified atom stereocenters. The van der Waals surface area contributed by atoms with E-state index in [9.17, 15) is 4.79 Å². The molecular weight excluding hydrogens is 320 g/mol. The number of ether oxygens (including phenoxy) is 1. The summed E-state index contributed by atoms with van der Waals surface area (Å²) >= 11 is 0. The Morgan fingerprint density at radius 3 is 2.62 bits per heavy atom. The molecule has 138 valence electrons. The fourth-order valence-corrected chi connectivity index (χ4v) is 4.01. The first-order valence-electron chi connectivity index (χ1n) is 9.93. The summed E-state index contributed by atoms with van der Waals surface area (Å²) in [6, 6.07) is 17.1. The van der Waals surface area contributed by atoms with Gasteiger partial charge in [0.15, 0.2) is 0 Å². The van der Waals surface area contributed by atoms with Gasteiger partial charge in [0.25, 0.3) is 0 Å². The Hall–Kier alpha value is -2.09. The van der Waals surface area contributed by atoms with Gasteiger partial charge in [0.2, 0.25) is 0 Å². The summed E-state index contributed by atoms with van der Waals surface area (Å²) in [6.07, 6.45) is 7.47. The molecule has 2 nitrogen and oxygen atoms in total. The lowest BCUT2D eigenvalue weighted by Gasteiger charge is -2.17. The van der Waals surface area contributed by atoms with Gasteiger partial charge in [-0.25, -0.2) is 0 Å². The Labute approximate surface area is 157 Å². The first kappa shape index (κ1) is 18.7. The number of hydrogen-bond donors (Lipinski definition) is 0. The first-order chi connectivity index (χ1) is 12.7. The van der Waals surface area contributed by atoms with E-state index in [1.807, 2.05) is 0 Å². The van der Waals surface area contributed by atoms with Crippen LogP contribution in [0.1, 0.15) is 74.0 Å². The van der Waals surface area contributed by atoms with E-state index in [0.29, 0.717) is 11.7 Å². The van der Waals surface area contributed by atoms with Crippen molar-refractivity contribution in [1.29, 1.82) is 0 Å².